The Balaban J connectivity index is 1.55. The molecule has 3 aromatic rings. The van der Waals surface area contributed by atoms with Crippen molar-refractivity contribution >= 4 is 29.0 Å². The van der Waals surface area contributed by atoms with Crippen molar-refractivity contribution in [2.45, 2.75) is 39.2 Å². The van der Waals surface area contributed by atoms with Gasteiger partial charge in [-0.25, -0.2) is 0 Å². The second-order valence-corrected chi connectivity index (χ2v) is 8.99. The summed E-state index contributed by atoms with van der Waals surface area (Å²) in [6.45, 7) is 3.82. The Labute approximate surface area is 192 Å². The van der Waals surface area contributed by atoms with Crippen molar-refractivity contribution in [3.63, 3.8) is 0 Å². The van der Waals surface area contributed by atoms with Crippen molar-refractivity contribution in [3.05, 3.63) is 72.2 Å². The fourth-order valence-corrected chi connectivity index (χ4v) is 4.58. The molecule has 2 heterocycles. The molecule has 1 aliphatic carbocycles. The van der Waals surface area contributed by atoms with Gasteiger partial charge < -0.3 is 14.2 Å². The van der Waals surface area contributed by atoms with Crippen molar-refractivity contribution in [2.24, 2.45) is 5.92 Å². The zero-order valence-corrected chi connectivity index (χ0v) is 18.8. The smallest absolute Gasteiger partial charge is 0.294 e. The molecule has 0 spiro atoms. The van der Waals surface area contributed by atoms with E-state index in [4.69, 9.17) is 4.42 Å². The number of furan rings is 1. The third-order valence-corrected chi connectivity index (χ3v) is 6.42. The number of anilines is 2. The fourth-order valence-electron chi connectivity index (χ4n) is 4.58. The van der Waals surface area contributed by atoms with E-state index in [2.05, 4.69) is 0 Å². The summed E-state index contributed by atoms with van der Waals surface area (Å²) in [4.78, 5) is 41.7. The Bertz CT molecular complexity index is 1230. The third kappa shape index (κ3) is 4.09. The van der Waals surface area contributed by atoms with E-state index in [9.17, 15) is 14.4 Å². The molecular weight excluding hydrogens is 416 g/mol. The highest BCUT2D eigenvalue weighted by atomic mass is 16.3. The molecule has 2 aliphatic rings. The molecule has 1 fully saturated rings. The Hall–Kier alpha value is -3.67. The first-order valence-electron chi connectivity index (χ1n) is 11.3. The summed E-state index contributed by atoms with van der Waals surface area (Å²) in [5.74, 6) is 0.632. The van der Waals surface area contributed by atoms with Gasteiger partial charge in [0.25, 0.3) is 5.91 Å². The third-order valence-electron chi connectivity index (χ3n) is 6.42. The molecule has 0 saturated heterocycles. The molecule has 1 aliphatic heterocycles. The first-order chi connectivity index (χ1) is 15.9. The number of ketones is 1. The van der Waals surface area contributed by atoms with Gasteiger partial charge in [-0.1, -0.05) is 24.3 Å². The quantitative estimate of drug-likeness (QED) is 0.501. The van der Waals surface area contributed by atoms with Crippen molar-refractivity contribution in [1.29, 1.82) is 0 Å². The van der Waals surface area contributed by atoms with E-state index in [1.54, 1.807) is 21.9 Å². The van der Waals surface area contributed by atoms with Gasteiger partial charge in [-0.05, 0) is 67.1 Å². The number of Topliss-reactive ketones (excluding diaryl/α,β-unsaturated/α-hetero) is 1. The second kappa shape index (κ2) is 8.35. The van der Waals surface area contributed by atoms with Crippen molar-refractivity contribution in [2.75, 3.05) is 16.3 Å². The van der Waals surface area contributed by atoms with E-state index < -0.39 is 0 Å². The van der Waals surface area contributed by atoms with Gasteiger partial charge in [0.05, 0.1) is 23.7 Å². The molecule has 0 bridgehead atoms. The summed E-state index contributed by atoms with van der Waals surface area (Å²) in [5.41, 5.74) is 3.82. The summed E-state index contributed by atoms with van der Waals surface area (Å²) in [5, 5.41) is 0. The number of rotatable bonds is 5. The number of hydrogen-bond donors (Lipinski definition) is 0. The summed E-state index contributed by atoms with van der Waals surface area (Å²) < 4.78 is 5.36. The van der Waals surface area contributed by atoms with Gasteiger partial charge in [0.1, 0.15) is 0 Å². The number of benzene rings is 2. The number of hydrogen-bond acceptors (Lipinski definition) is 4. The van der Waals surface area contributed by atoms with Crippen molar-refractivity contribution in [1.82, 2.24) is 0 Å². The minimum Gasteiger partial charge on any atom is -0.459 e. The molecule has 1 aromatic heterocycles. The van der Waals surface area contributed by atoms with Crippen LogP contribution in [0.1, 0.15) is 54.0 Å². The van der Waals surface area contributed by atoms with Gasteiger partial charge in [-0.2, -0.15) is 0 Å². The zero-order valence-electron chi connectivity index (χ0n) is 18.8. The van der Waals surface area contributed by atoms with E-state index in [1.165, 1.54) is 13.2 Å². The molecule has 0 radical (unpaired) electrons. The lowest BCUT2D eigenvalue weighted by atomic mass is 9.97. The number of amides is 2. The molecule has 2 aromatic carbocycles. The molecule has 6 nitrogen and oxygen atoms in total. The Kier molecular flexibility index (Phi) is 5.36. The average molecular weight is 443 g/mol. The predicted octanol–water partition coefficient (Wildman–Crippen LogP) is 5.33. The fraction of sp³-hybridized carbons (Fsp3) is 0.296. The van der Waals surface area contributed by atoms with Crippen LogP contribution in [0.2, 0.25) is 0 Å². The van der Waals surface area contributed by atoms with Crippen LogP contribution in [-0.2, 0) is 4.79 Å². The van der Waals surface area contributed by atoms with Crippen LogP contribution in [0, 0.1) is 5.92 Å². The molecule has 33 heavy (non-hydrogen) atoms. The summed E-state index contributed by atoms with van der Waals surface area (Å²) in [6, 6.07) is 16.5. The van der Waals surface area contributed by atoms with Crippen LogP contribution >= 0.6 is 0 Å². The van der Waals surface area contributed by atoms with Gasteiger partial charge in [0.15, 0.2) is 11.5 Å². The summed E-state index contributed by atoms with van der Waals surface area (Å²) in [7, 11) is 0. The lowest BCUT2D eigenvalue weighted by molar-refractivity contribution is -0.117. The van der Waals surface area contributed by atoms with Crippen LogP contribution in [0.4, 0.5) is 11.4 Å². The first-order valence-corrected chi connectivity index (χ1v) is 11.3. The molecule has 6 heteroatoms. The van der Waals surface area contributed by atoms with Crippen LogP contribution in [0.25, 0.3) is 11.1 Å². The van der Waals surface area contributed by atoms with E-state index in [1.807, 2.05) is 49.4 Å². The molecular formula is C27H26N2O4. The molecule has 1 atom stereocenters. The SMILES string of the molecule is CC(=O)N1c2ccc(-c3cccc(C(=O)CC4CC4)c3)cc2N(C(=O)c2ccco2)C[C@@H]1C. The Morgan fingerprint density at radius 3 is 2.45 bits per heavy atom. The van der Waals surface area contributed by atoms with Crippen LogP contribution in [0.5, 0.6) is 0 Å². The van der Waals surface area contributed by atoms with Crippen molar-refractivity contribution in [3.8, 4) is 11.1 Å². The van der Waals surface area contributed by atoms with Gasteiger partial charge in [0.2, 0.25) is 5.91 Å². The van der Waals surface area contributed by atoms with Gasteiger partial charge in [-0.15, -0.1) is 0 Å². The molecule has 168 valence electrons. The maximum absolute atomic E-state index is 13.2. The minimum absolute atomic E-state index is 0.0748. The molecule has 0 unspecified atom stereocenters. The number of fused-ring (bicyclic) bond motifs is 1. The first kappa shape index (κ1) is 21.2. The van der Waals surface area contributed by atoms with Crippen molar-refractivity contribution < 1.29 is 18.8 Å². The lowest BCUT2D eigenvalue weighted by Gasteiger charge is -2.40. The molecule has 1 saturated carbocycles. The topological polar surface area (TPSA) is 70.8 Å². The highest BCUT2D eigenvalue weighted by Crippen LogP contribution is 2.40. The van der Waals surface area contributed by atoms with Crippen LogP contribution in [-0.4, -0.2) is 30.2 Å². The monoisotopic (exact) mass is 442 g/mol. The van der Waals surface area contributed by atoms with Crippen LogP contribution < -0.4 is 9.80 Å². The lowest BCUT2D eigenvalue weighted by Crippen LogP contribution is -2.51. The van der Waals surface area contributed by atoms with Crippen LogP contribution in [0.15, 0.2) is 65.3 Å². The van der Waals surface area contributed by atoms with E-state index >= 15 is 0 Å². The average Bonchev–Trinajstić information content (AvgIpc) is 3.45. The van der Waals surface area contributed by atoms with Crippen LogP contribution in [0.3, 0.4) is 0 Å². The number of nitrogens with zero attached hydrogens (tertiary/aromatic N) is 2. The highest BCUT2D eigenvalue weighted by molar-refractivity contribution is 6.10. The molecule has 2 amide bonds. The predicted molar refractivity (Wildman–Crippen MR) is 127 cm³/mol. The Morgan fingerprint density at radius 1 is 0.970 bits per heavy atom. The highest BCUT2D eigenvalue weighted by Gasteiger charge is 2.35. The van der Waals surface area contributed by atoms with Gasteiger partial charge in [0, 0.05) is 25.5 Å². The van der Waals surface area contributed by atoms with Gasteiger partial charge in [-0.3, -0.25) is 14.4 Å². The maximum atomic E-state index is 13.2. The standard InChI is InChI=1S/C27H26N2O4/c1-17-16-28(27(32)26-7-4-12-33-26)24-15-21(10-11-23(24)29(17)18(2)30)20-5-3-6-22(14-20)25(31)13-19-8-9-19/h3-7,10-12,14-15,17,19H,8-9,13,16H2,1-2H3/t17-/m0/s1. The zero-order chi connectivity index (χ0) is 23.1. The summed E-state index contributed by atoms with van der Waals surface area (Å²) >= 11 is 0. The second-order valence-electron chi connectivity index (χ2n) is 8.99. The minimum atomic E-state index is -0.248. The van der Waals surface area contributed by atoms with E-state index in [0.29, 0.717) is 35.8 Å². The Morgan fingerprint density at radius 2 is 1.76 bits per heavy atom. The molecule has 0 N–H and O–H groups in total. The molecule has 5 rings (SSSR count). The van der Waals surface area contributed by atoms with E-state index in [0.717, 1.165) is 24.0 Å². The normalized spacial score (nSPS) is 17.6. The maximum Gasteiger partial charge on any atom is 0.294 e. The number of carbonyl (C=O) groups excluding carboxylic acids is 3. The summed E-state index contributed by atoms with van der Waals surface area (Å²) in [6.07, 6.45) is 4.36. The van der Waals surface area contributed by atoms with E-state index in [-0.39, 0.29) is 29.4 Å². The number of carbonyl (C=O) groups is 3. The largest absolute Gasteiger partial charge is 0.459 e. The van der Waals surface area contributed by atoms with Gasteiger partial charge >= 0.3 is 0 Å².